The second kappa shape index (κ2) is 3.87. The molecule has 4 aliphatic carbocycles. The number of rotatable bonds is 3. The Kier molecular flexibility index (Phi) is 2.54. The Bertz CT molecular complexity index is 410. The predicted octanol–water partition coefficient (Wildman–Crippen LogP) is 4.00. The van der Waals surface area contributed by atoms with Crippen LogP contribution in [-0.4, -0.2) is 12.6 Å². The third-order valence-corrected chi connectivity index (χ3v) is 7.84. The van der Waals surface area contributed by atoms with Crippen LogP contribution in [0.1, 0.15) is 52.9 Å². The van der Waals surface area contributed by atoms with Crippen LogP contribution in [0.3, 0.4) is 0 Å². The van der Waals surface area contributed by atoms with Crippen molar-refractivity contribution in [3.05, 3.63) is 12.2 Å². The largest absolute Gasteiger partial charge is 0.313 e. The minimum absolute atomic E-state index is 0.547. The molecule has 4 rings (SSSR count). The van der Waals surface area contributed by atoms with E-state index in [9.17, 15) is 0 Å². The van der Waals surface area contributed by atoms with Gasteiger partial charge in [-0.3, -0.25) is 0 Å². The van der Waals surface area contributed by atoms with Crippen LogP contribution < -0.4 is 5.32 Å². The van der Waals surface area contributed by atoms with Crippen molar-refractivity contribution in [1.82, 2.24) is 5.32 Å². The Hall–Kier alpha value is -0.300. The molecule has 0 spiro atoms. The van der Waals surface area contributed by atoms with Gasteiger partial charge in [-0.1, -0.05) is 32.9 Å². The van der Waals surface area contributed by atoms with Gasteiger partial charge in [0, 0.05) is 6.04 Å². The fraction of sp³-hybridized carbons (Fsp3) is 0.889. The van der Waals surface area contributed by atoms with E-state index in [0.29, 0.717) is 10.8 Å². The van der Waals surface area contributed by atoms with E-state index in [2.05, 4.69) is 38.2 Å². The highest BCUT2D eigenvalue weighted by Crippen LogP contribution is 2.65. The van der Waals surface area contributed by atoms with E-state index in [1.807, 2.05) is 0 Å². The molecule has 4 bridgehead atoms. The molecule has 106 valence electrons. The van der Waals surface area contributed by atoms with Crippen LogP contribution in [0.5, 0.6) is 0 Å². The number of hydrogen-bond acceptors (Lipinski definition) is 1. The summed E-state index contributed by atoms with van der Waals surface area (Å²) in [5.41, 5.74) is 1.10. The summed E-state index contributed by atoms with van der Waals surface area (Å²) in [5, 5.41) is 4.00. The SMILES string of the molecule is CC1(C)C2CCC1(C)C(NCC1CC3C=CC1C3)C2. The number of nitrogens with one attached hydrogen (secondary N) is 1. The first-order valence-corrected chi connectivity index (χ1v) is 8.42. The van der Waals surface area contributed by atoms with E-state index in [4.69, 9.17) is 0 Å². The maximum Gasteiger partial charge on any atom is 0.0129 e. The Balaban J connectivity index is 1.41. The van der Waals surface area contributed by atoms with Crippen LogP contribution >= 0.6 is 0 Å². The van der Waals surface area contributed by atoms with E-state index < -0.39 is 0 Å². The Morgan fingerprint density at radius 2 is 1.95 bits per heavy atom. The molecule has 0 radical (unpaired) electrons. The van der Waals surface area contributed by atoms with Gasteiger partial charge in [-0.05, 0) is 73.2 Å². The van der Waals surface area contributed by atoms with Crippen LogP contribution in [0.15, 0.2) is 12.2 Å². The second-order valence-corrected chi connectivity index (χ2v) is 8.61. The zero-order valence-electron chi connectivity index (χ0n) is 12.8. The summed E-state index contributed by atoms with van der Waals surface area (Å²) in [6.45, 7) is 8.87. The summed E-state index contributed by atoms with van der Waals surface area (Å²) >= 11 is 0. The molecule has 0 heterocycles. The van der Waals surface area contributed by atoms with Crippen molar-refractivity contribution in [3.63, 3.8) is 0 Å². The van der Waals surface area contributed by atoms with Gasteiger partial charge < -0.3 is 5.32 Å². The first-order chi connectivity index (χ1) is 9.00. The molecule has 6 atom stereocenters. The smallest absolute Gasteiger partial charge is 0.0129 e. The predicted molar refractivity (Wildman–Crippen MR) is 79.9 cm³/mol. The monoisotopic (exact) mass is 259 g/mol. The molecule has 6 unspecified atom stereocenters. The fourth-order valence-corrected chi connectivity index (χ4v) is 5.94. The van der Waals surface area contributed by atoms with Crippen molar-refractivity contribution in [2.75, 3.05) is 6.54 Å². The molecule has 0 saturated heterocycles. The highest BCUT2D eigenvalue weighted by Gasteiger charge is 2.61. The van der Waals surface area contributed by atoms with Crippen LogP contribution in [0, 0.1) is 34.5 Å². The highest BCUT2D eigenvalue weighted by molar-refractivity contribution is 5.14. The topological polar surface area (TPSA) is 12.0 Å². The summed E-state index contributed by atoms with van der Waals surface area (Å²) in [7, 11) is 0. The Labute approximate surface area is 118 Å². The van der Waals surface area contributed by atoms with E-state index in [1.54, 1.807) is 0 Å². The molecule has 0 aromatic heterocycles. The molecule has 1 heteroatoms. The Morgan fingerprint density at radius 1 is 1.11 bits per heavy atom. The van der Waals surface area contributed by atoms with Crippen LogP contribution in [0.2, 0.25) is 0 Å². The molecule has 0 aromatic carbocycles. The van der Waals surface area contributed by atoms with Crippen molar-refractivity contribution >= 4 is 0 Å². The third-order valence-electron chi connectivity index (χ3n) is 7.84. The lowest BCUT2D eigenvalue weighted by molar-refractivity contribution is 0.118. The fourth-order valence-electron chi connectivity index (χ4n) is 5.94. The molecular formula is C18H29N. The normalized spacial score (nSPS) is 53.3. The van der Waals surface area contributed by atoms with E-state index in [-0.39, 0.29) is 0 Å². The van der Waals surface area contributed by atoms with Crippen molar-refractivity contribution in [2.24, 2.45) is 34.5 Å². The van der Waals surface area contributed by atoms with Crippen LogP contribution in [0.25, 0.3) is 0 Å². The maximum atomic E-state index is 4.00. The zero-order chi connectivity index (χ0) is 13.3. The molecule has 0 aliphatic heterocycles. The first kappa shape index (κ1) is 12.4. The molecule has 4 aliphatic rings. The van der Waals surface area contributed by atoms with Gasteiger partial charge in [0.1, 0.15) is 0 Å². The molecule has 3 saturated carbocycles. The summed E-state index contributed by atoms with van der Waals surface area (Å²) < 4.78 is 0. The second-order valence-electron chi connectivity index (χ2n) is 8.61. The molecule has 1 nitrogen and oxygen atoms in total. The molecule has 3 fully saturated rings. The molecule has 0 amide bonds. The maximum absolute atomic E-state index is 4.00. The van der Waals surface area contributed by atoms with Crippen molar-refractivity contribution in [3.8, 4) is 0 Å². The summed E-state index contributed by atoms with van der Waals surface area (Å²) in [4.78, 5) is 0. The number of hydrogen-bond donors (Lipinski definition) is 1. The quantitative estimate of drug-likeness (QED) is 0.755. The lowest BCUT2D eigenvalue weighted by Crippen LogP contribution is -2.46. The van der Waals surface area contributed by atoms with Gasteiger partial charge in [-0.15, -0.1) is 0 Å². The Morgan fingerprint density at radius 3 is 2.47 bits per heavy atom. The number of allylic oxidation sites excluding steroid dienone is 2. The average molecular weight is 259 g/mol. The minimum Gasteiger partial charge on any atom is -0.313 e. The third kappa shape index (κ3) is 1.57. The first-order valence-electron chi connectivity index (χ1n) is 8.42. The average Bonchev–Trinajstić information content (AvgIpc) is 3.07. The van der Waals surface area contributed by atoms with Crippen LogP contribution in [-0.2, 0) is 0 Å². The van der Waals surface area contributed by atoms with Crippen molar-refractivity contribution < 1.29 is 0 Å². The molecular weight excluding hydrogens is 230 g/mol. The van der Waals surface area contributed by atoms with Gasteiger partial charge in [0.05, 0.1) is 0 Å². The van der Waals surface area contributed by atoms with E-state index in [1.165, 1.54) is 38.6 Å². The summed E-state index contributed by atoms with van der Waals surface area (Å²) in [6.07, 6.45) is 12.2. The van der Waals surface area contributed by atoms with Gasteiger partial charge in [-0.2, -0.15) is 0 Å². The lowest BCUT2D eigenvalue weighted by atomic mass is 9.69. The minimum atomic E-state index is 0.547. The molecule has 19 heavy (non-hydrogen) atoms. The van der Waals surface area contributed by atoms with Crippen LogP contribution in [0.4, 0.5) is 0 Å². The zero-order valence-corrected chi connectivity index (χ0v) is 12.8. The van der Waals surface area contributed by atoms with Crippen molar-refractivity contribution in [1.29, 1.82) is 0 Å². The van der Waals surface area contributed by atoms with Gasteiger partial charge in [0.2, 0.25) is 0 Å². The van der Waals surface area contributed by atoms with Gasteiger partial charge >= 0.3 is 0 Å². The van der Waals surface area contributed by atoms with Gasteiger partial charge in [0.25, 0.3) is 0 Å². The standard InChI is InChI=1S/C18H29N/c1-17(2)15-6-7-18(17,3)16(10-15)19-11-14-9-12-4-5-13(14)8-12/h4-5,12-16,19H,6-11H2,1-3H3. The van der Waals surface area contributed by atoms with Gasteiger partial charge in [0.15, 0.2) is 0 Å². The lowest BCUT2D eigenvalue weighted by Gasteiger charge is -2.40. The highest BCUT2D eigenvalue weighted by atomic mass is 15.0. The van der Waals surface area contributed by atoms with Gasteiger partial charge in [-0.25, -0.2) is 0 Å². The molecule has 1 N–H and O–H groups in total. The summed E-state index contributed by atoms with van der Waals surface area (Å²) in [5.74, 6) is 3.72. The van der Waals surface area contributed by atoms with Crippen molar-refractivity contribution in [2.45, 2.75) is 58.9 Å². The number of fused-ring (bicyclic) bond motifs is 4. The van der Waals surface area contributed by atoms with E-state index >= 15 is 0 Å². The van der Waals surface area contributed by atoms with E-state index in [0.717, 1.165) is 29.7 Å². The summed E-state index contributed by atoms with van der Waals surface area (Å²) in [6, 6.07) is 0.782. The molecule has 0 aromatic rings.